The zero-order valence-corrected chi connectivity index (χ0v) is 41.1. The summed E-state index contributed by atoms with van der Waals surface area (Å²) in [7, 11) is 0. The minimum Gasteiger partial charge on any atom is -0.483 e. The summed E-state index contributed by atoms with van der Waals surface area (Å²) in [5, 5.41) is 10.6. The molecule has 0 fully saturated rings. The smallest absolute Gasteiger partial charge is 0.290 e. The van der Waals surface area contributed by atoms with Gasteiger partial charge in [0, 0.05) is 42.3 Å². The fraction of sp³-hybridized carbons (Fsp3) is 0.560. The number of aldehydes is 1. The van der Waals surface area contributed by atoms with E-state index in [9.17, 15) is 9.59 Å². The average Bonchev–Trinajstić information content (AvgIpc) is 3.29. The Balaban J connectivity index is 0. The van der Waals surface area contributed by atoms with Gasteiger partial charge >= 0.3 is 0 Å². The molecule has 1 aliphatic heterocycles. The number of halogens is 1. The molecule has 0 aromatic heterocycles. The fourth-order valence-electron chi connectivity index (χ4n) is 6.14. The Morgan fingerprint density at radius 1 is 0.812 bits per heavy atom. The predicted molar refractivity (Wildman–Crippen MR) is 261 cm³/mol. The molecule has 4 rings (SSSR count). The summed E-state index contributed by atoms with van der Waals surface area (Å²) in [6.07, 6.45) is 4.05. The first-order chi connectivity index (χ1) is 30.9. The summed E-state index contributed by atoms with van der Waals surface area (Å²) in [6.45, 7) is 25.6. The highest BCUT2D eigenvalue weighted by molar-refractivity contribution is 6.30. The van der Waals surface area contributed by atoms with E-state index in [-0.39, 0.29) is 24.3 Å². The van der Waals surface area contributed by atoms with E-state index in [4.69, 9.17) is 55.7 Å². The molecule has 1 heterocycles. The van der Waals surface area contributed by atoms with Gasteiger partial charge in [-0.3, -0.25) is 14.4 Å². The second-order valence-corrected chi connectivity index (χ2v) is 14.7. The fourth-order valence-corrected chi connectivity index (χ4v) is 6.27. The third-order valence-electron chi connectivity index (χ3n) is 9.17. The van der Waals surface area contributed by atoms with Gasteiger partial charge in [0.1, 0.15) is 6.29 Å². The maximum Gasteiger partial charge on any atom is 0.290 e. The van der Waals surface area contributed by atoms with Gasteiger partial charge in [-0.2, -0.15) is 0 Å². The van der Waals surface area contributed by atoms with Crippen molar-refractivity contribution < 1.29 is 48.0 Å². The van der Waals surface area contributed by atoms with Gasteiger partial charge in [0.2, 0.25) is 5.91 Å². The predicted octanol–water partition coefficient (Wildman–Crippen LogP) is 9.40. The Morgan fingerprint density at radius 3 is 1.67 bits per heavy atom. The highest BCUT2D eigenvalue weighted by atomic mass is 35.5. The summed E-state index contributed by atoms with van der Waals surface area (Å²) in [5.74, 6) is 0.859. The van der Waals surface area contributed by atoms with E-state index >= 15 is 0 Å². The molecule has 0 radical (unpaired) electrons. The molecule has 3 aromatic rings. The van der Waals surface area contributed by atoms with Crippen molar-refractivity contribution in [2.45, 2.75) is 100 Å². The number of carboxylic acid groups (broad SMARTS) is 1. The molecule has 2 amide bonds. The molecule has 0 aliphatic carbocycles. The number of hydrogen-bond donors (Lipinski definition) is 3. The minimum absolute atomic E-state index is 0.0776. The van der Waals surface area contributed by atoms with Crippen LogP contribution < -0.4 is 16.0 Å². The quantitative estimate of drug-likeness (QED) is 0.0686. The monoisotopic (exact) mass is 918 g/mol. The molecule has 0 spiro atoms. The number of anilines is 1. The van der Waals surface area contributed by atoms with Gasteiger partial charge in [-0.25, -0.2) is 0 Å². The number of aryl methyl sites for hydroxylation is 1. The van der Waals surface area contributed by atoms with Crippen LogP contribution in [0.25, 0.3) is 11.1 Å². The van der Waals surface area contributed by atoms with Crippen molar-refractivity contribution in [2.75, 3.05) is 84.1 Å². The third-order valence-corrected chi connectivity index (χ3v) is 9.42. The number of hydrogen-bond acceptors (Lipinski definition) is 10. The zero-order valence-electron chi connectivity index (χ0n) is 40.4. The first-order valence-electron chi connectivity index (χ1n) is 22.5. The Kier molecular flexibility index (Phi) is 40.1. The molecule has 13 nitrogen and oxygen atoms in total. The van der Waals surface area contributed by atoms with Crippen LogP contribution in [0.1, 0.15) is 109 Å². The van der Waals surface area contributed by atoms with Gasteiger partial charge in [0.15, 0.2) is 0 Å². The van der Waals surface area contributed by atoms with Crippen LogP contribution in [0.4, 0.5) is 5.69 Å². The lowest BCUT2D eigenvalue weighted by Gasteiger charge is -2.41. The number of nitrogens with one attached hydrogen (secondary N) is 1. The Morgan fingerprint density at radius 2 is 1.25 bits per heavy atom. The largest absolute Gasteiger partial charge is 0.483 e. The van der Waals surface area contributed by atoms with Crippen LogP contribution in [0.15, 0.2) is 66.7 Å². The first kappa shape index (κ1) is 61.9. The topological polar surface area (TPSA) is 176 Å². The summed E-state index contributed by atoms with van der Waals surface area (Å²) in [5.41, 5.74) is 11.6. The van der Waals surface area contributed by atoms with Crippen molar-refractivity contribution in [3.05, 3.63) is 88.4 Å². The number of nitrogens with two attached hydrogens (primary N) is 1. The van der Waals surface area contributed by atoms with Crippen molar-refractivity contribution in [1.29, 1.82) is 0 Å². The van der Waals surface area contributed by atoms with Gasteiger partial charge < -0.3 is 49.5 Å². The molecule has 0 bridgehead atoms. The molecule has 0 saturated heterocycles. The number of nitrogens with zero attached hydrogens (tertiary/aromatic N) is 1. The Hall–Kier alpha value is -4.21. The van der Waals surface area contributed by atoms with Crippen molar-refractivity contribution in [3.63, 3.8) is 0 Å². The number of ether oxygens (including phenoxy) is 5. The van der Waals surface area contributed by atoms with E-state index in [1.165, 1.54) is 24.5 Å². The number of fused-ring (bicyclic) bond motifs is 1. The number of amides is 2. The van der Waals surface area contributed by atoms with Crippen molar-refractivity contribution in [1.82, 2.24) is 5.32 Å². The molecular weight excluding hydrogens is 838 g/mol. The number of carbonyl (C=O) groups excluding carboxylic acids is 3. The summed E-state index contributed by atoms with van der Waals surface area (Å²) >= 11 is 5.61. The molecule has 14 heteroatoms. The van der Waals surface area contributed by atoms with Crippen LogP contribution in [-0.2, 0) is 38.1 Å². The maximum absolute atomic E-state index is 12.7. The highest BCUT2D eigenvalue weighted by Crippen LogP contribution is 2.44. The van der Waals surface area contributed by atoms with Gasteiger partial charge in [-0.05, 0) is 92.1 Å². The first-order valence-corrected chi connectivity index (χ1v) is 22.9. The second kappa shape index (κ2) is 41.5. The molecule has 1 aliphatic rings. The zero-order chi connectivity index (χ0) is 48.5. The van der Waals surface area contributed by atoms with Crippen LogP contribution in [0.2, 0.25) is 5.02 Å². The number of carbonyl (C=O) groups is 4. The molecule has 3 aromatic carbocycles. The van der Waals surface area contributed by atoms with Gasteiger partial charge in [0.25, 0.3) is 12.4 Å². The molecular formula is C50H80ClN3O10. The van der Waals surface area contributed by atoms with E-state index in [0.717, 1.165) is 41.0 Å². The summed E-state index contributed by atoms with van der Waals surface area (Å²) < 4.78 is 27.1. The lowest BCUT2D eigenvalue weighted by Crippen LogP contribution is -2.42. The van der Waals surface area contributed by atoms with E-state index < -0.39 is 0 Å². The summed E-state index contributed by atoms with van der Waals surface area (Å²) in [6, 6.07) is 22.0. The van der Waals surface area contributed by atoms with Crippen molar-refractivity contribution in [2.24, 2.45) is 11.7 Å². The van der Waals surface area contributed by atoms with Crippen LogP contribution in [0.3, 0.4) is 0 Å². The molecule has 4 N–H and O–H groups in total. The second-order valence-electron chi connectivity index (χ2n) is 14.3. The van der Waals surface area contributed by atoms with Gasteiger partial charge in [0.05, 0.1) is 66.1 Å². The molecule has 3 unspecified atom stereocenters. The lowest BCUT2D eigenvalue weighted by atomic mass is 9.76. The molecule has 64 heavy (non-hydrogen) atoms. The van der Waals surface area contributed by atoms with Crippen molar-refractivity contribution >= 4 is 41.9 Å². The van der Waals surface area contributed by atoms with Crippen LogP contribution in [0.5, 0.6) is 0 Å². The molecule has 3 atom stereocenters. The van der Waals surface area contributed by atoms with E-state index in [1.807, 2.05) is 74.2 Å². The molecule has 0 saturated carbocycles. The van der Waals surface area contributed by atoms with E-state index in [0.29, 0.717) is 96.6 Å². The van der Waals surface area contributed by atoms with E-state index in [2.05, 4.69) is 58.1 Å². The van der Waals surface area contributed by atoms with Gasteiger partial charge in [-0.15, -0.1) is 0 Å². The van der Waals surface area contributed by atoms with Gasteiger partial charge in [-0.1, -0.05) is 102 Å². The van der Waals surface area contributed by atoms with Crippen molar-refractivity contribution in [3.8, 4) is 11.1 Å². The van der Waals surface area contributed by atoms with Crippen LogP contribution in [-0.4, -0.2) is 115 Å². The minimum atomic E-state index is -0.250. The average molecular weight is 919 g/mol. The summed E-state index contributed by atoms with van der Waals surface area (Å²) in [4.78, 5) is 44.2. The Labute approximate surface area is 389 Å². The third kappa shape index (κ3) is 27.9. The SMILES string of the molecule is CC.CC=O.CCC.CCC(C)C1CC(C)N(C(C)=O)c2ccc(-c3ccc(C(=O)NCCOCCOCCOCCOCCOCCN)cc3)cc21.Cc1ccc(Cl)cc1.O=CO. The van der Waals surface area contributed by atoms with E-state index in [1.54, 1.807) is 6.92 Å². The lowest BCUT2D eigenvalue weighted by molar-refractivity contribution is -0.123. The Bertz CT molecular complexity index is 1590. The highest BCUT2D eigenvalue weighted by Gasteiger charge is 2.34. The van der Waals surface area contributed by atoms with Crippen LogP contribution in [0, 0.1) is 12.8 Å². The maximum atomic E-state index is 12.7. The molecule has 362 valence electrons. The standard InChI is InChI=1S/C35H53N3O7.C7H7Cl.C3H8.C2H4O.C2H6.CH2O2/c1-5-26(2)32-24-27(3)38(28(4)39)34-11-10-31(25-33(32)34)29-6-8-30(9-7-29)35(40)37-13-15-42-17-19-44-21-23-45-22-20-43-18-16-41-14-12-36;1-6-2-4-7(8)5-3-6;1-3-2;1-2-3;1-2;2-1-3/h6-11,25-27,32H,5,12-24,36H2,1-4H3,(H,37,40);2-5H,1H3;3H2,1-2H3;2H,1H3;1-2H3;1H,(H,2,3). The van der Waals surface area contributed by atoms with Crippen LogP contribution >= 0.6 is 11.6 Å². The normalized spacial score (nSPS) is 13.7. The number of rotatable bonds is 21. The number of benzene rings is 3.